The number of hydrogen-bond acceptors (Lipinski definition) is 2. The van der Waals surface area contributed by atoms with Crippen molar-refractivity contribution in [2.24, 2.45) is 0 Å². The molecule has 28 heavy (non-hydrogen) atoms. The fourth-order valence-electron chi connectivity index (χ4n) is 4.12. The quantitative estimate of drug-likeness (QED) is 0.164. The summed E-state index contributed by atoms with van der Waals surface area (Å²) in [5, 5.41) is 0. The predicted octanol–water partition coefficient (Wildman–Crippen LogP) is 7.64. The minimum atomic E-state index is -1.83. The monoisotopic (exact) mass is 400 g/mol. The molecule has 0 amide bonds. The summed E-state index contributed by atoms with van der Waals surface area (Å²) in [5.74, 6) is 6.54. The van der Waals surface area contributed by atoms with Gasteiger partial charge < -0.3 is 9.16 Å². The third kappa shape index (κ3) is 7.15. The molecule has 0 aromatic heterocycles. The van der Waals surface area contributed by atoms with Gasteiger partial charge in [-0.25, -0.2) is 0 Å². The van der Waals surface area contributed by atoms with E-state index in [4.69, 9.17) is 9.16 Å². The molecule has 2 nitrogen and oxygen atoms in total. The van der Waals surface area contributed by atoms with Gasteiger partial charge >= 0.3 is 0 Å². The summed E-state index contributed by atoms with van der Waals surface area (Å²) in [5.41, 5.74) is 2.85. The molecule has 156 valence electrons. The average Bonchev–Trinajstić information content (AvgIpc) is 2.66. The zero-order valence-electron chi connectivity index (χ0n) is 19.0. The molecule has 1 rings (SSSR count). The maximum Gasteiger partial charge on any atom is 0.200 e. The molecule has 0 bridgehead atoms. The fraction of sp³-hybridized carbons (Fsp3) is 0.600. The van der Waals surface area contributed by atoms with E-state index in [1.165, 1.54) is 0 Å². The second-order valence-corrected chi connectivity index (χ2v) is 13.8. The molecule has 0 aliphatic carbocycles. The minimum absolute atomic E-state index is 0.225. The summed E-state index contributed by atoms with van der Waals surface area (Å²) in [7, 11) is -1.83. The molecule has 0 spiro atoms. The first-order valence-corrected chi connectivity index (χ1v) is 13.0. The van der Waals surface area contributed by atoms with E-state index in [1.807, 2.05) is 24.3 Å². The molecule has 0 saturated carbocycles. The van der Waals surface area contributed by atoms with Gasteiger partial charge in [-0.1, -0.05) is 97.1 Å². The van der Waals surface area contributed by atoms with Crippen LogP contribution < -0.4 is 0 Å². The highest BCUT2D eigenvalue weighted by molar-refractivity contribution is 6.77. The Morgan fingerprint density at radius 2 is 1.57 bits per heavy atom. The zero-order valence-corrected chi connectivity index (χ0v) is 20.0. The second-order valence-electron chi connectivity index (χ2n) is 8.35. The summed E-state index contributed by atoms with van der Waals surface area (Å²) >= 11 is 0. The highest BCUT2D eigenvalue weighted by Crippen LogP contribution is 2.42. The Labute approximate surface area is 174 Å². The van der Waals surface area contributed by atoms with Crippen molar-refractivity contribution in [1.82, 2.24) is 0 Å². The van der Waals surface area contributed by atoms with Gasteiger partial charge in [-0.3, -0.25) is 0 Å². The largest absolute Gasteiger partial charge is 0.481 e. The molecule has 0 aliphatic rings. The van der Waals surface area contributed by atoms with E-state index in [0.29, 0.717) is 23.2 Å². The van der Waals surface area contributed by atoms with Crippen molar-refractivity contribution >= 4 is 8.32 Å². The molecule has 1 aromatic rings. The van der Waals surface area contributed by atoms with Gasteiger partial charge in [0.2, 0.25) is 8.32 Å². The number of unbranched alkanes of at least 4 members (excludes halogenated alkanes) is 2. The Morgan fingerprint density at radius 1 is 0.964 bits per heavy atom. The average molecular weight is 401 g/mol. The van der Waals surface area contributed by atoms with Crippen molar-refractivity contribution in [2.75, 3.05) is 6.61 Å². The first-order valence-electron chi connectivity index (χ1n) is 10.8. The van der Waals surface area contributed by atoms with E-state index in [2.05, 4.69) is 72.4 Å². The lowest BCUT2D eigenvalue weighted by molar-refractivity contribution is 0.195. The lowest BCUT2D eigenvalue weighted by Gasteiger charge is -2.41. The van der Waals surface area contributed by atoms with Gasteiger partial charge in [-0.2, -0.15) is 0 Å². The zero-order chi connectivity index (χ0) is 21.0. The highest BCUT2D eigenvalue weighted by Gasteiger charge is 2.44. The number of hydrogen-bond donors (Lipinski definition) is 0. The van der Waals surface area contributed by atoms with Crippen molar-refractivity contribution in [3.63, 3.8) is 0 Å². The summed E-state index contributed by atoms with van der Waals surface area (Å²) in [6.07, 6.45) is 6.75. The van der Waals surface area contributed by atoms with Crippen molar-refractivity contribution < 1.29 is 9.16 Å². The van der Waals surface area contributed by atoms with Crippen LogP contribution in [-0.2, 0) is 9.16 Å². The summed E-state index contributed by atoms with van der Waals surface area (Å²) in [6, 6.07) is 10.2. The van der Waals surface area contributed by atoms with Crippen LogP contribution >= 0.6 is 0 Å². The van der Waals surface area contributed by atoms with E-state index in [1.54, 1.807) is 6.26 Å². The maximum absolute atomic E-state index is 6.55. The minimum Gasteiger partial charge on any atom is -0.481 e. The Hall–Kier alpha value is -1.50. The normalized spacial score (nSPS) is 13.2. The van der Waals surface area contributed by atoms with Crippen LogP contribution in [0.2, 0.25) is 16.6 Å². The smallest absolute Gasteiger partial charge is 0.200 e. The van der Waals surface area contributed by atoms with Crippen LogP contribution in [0.5, 0.6) is 0 Å². The fourth-order valence-corrected chi connectivity index (χ4v) is 9.50. The summed E-state index contributed by atoms with van der Waals surface area (Å²) in [4.78, 5) is 0. The molecule has 0 N–H and O–H groups in total. The predicted molar refractivity (Wildman–Crippen MR) is 124 cm³/mol. The van der Waals surface area contributed by atoms with Crippen LogP contribution in [0.15, 0.2) is 42.7 Å². The molecule has 1 aromatic carbocycles. The molecular weight excluding hydrogens is 360 g/mol. The molecule has 0 aliphatic heterocycles. The van der Waals surface area contributed by atoms with Gasteiger partial charge in [0, 0.05) is 12.0 Å². The van der Waals surface area contributed by atoms with E-state index in [9.17, 15) is 0 Å². The van der Waals surface area contributed by atoms with E-state index in [0.717, 1.165) is 24.8 Å². The van der Waals surface area contributed by atoms with E-state index in [-0.39, 0.29) is 6.10 Å². The van der Waals surface area contributed by atoms with E-state index >= 15 is 0 Å². The first kappa shape index (κ1) is 24.5. The Bertz CT molecular complexity index is 601. The van der Waals surface area contributed by atoms with Crippen molar-refractivity contribution in [3.8, 4) is 11.8 Å². The lowest BCUT2D eigenvalue weighted by Crippen LogP contribution is -2.47. The lowest BCUT2D eigenvalue weighted by atomic mass is 10.1. The third-order valence-electron chi connectivity index (χ3n) is 5.44. The SMILES string of the molecule is CCCCC#C[C@H](O/C=C/CO[Si](C(C)C)(C(C)C)C(C)C)c1ccccc1. The van der Waals surface area contributed by atoms with Crippen LogP contribution in [0.4, 0.5) is 0 Å². The molecule has 0 fully saturated rings. The highest BCUT2D eigenvalue weighted by atomic mass is 28.4. The van der Waals surface area contributed by atoms with Crippen LogP contribution in [0.1, 0.15) is 79.4 Å². The molecule has 0 heterocycles. The van der Waals surface area contributed by atoms with Crippen LogP contribution in [0, 0.1) is 11.8 Å². The van der Waals surface area contributed by atoms with Gasteiger partial charge in [0.15, 0.2) is 6.10 Å². The second kappa shape index (κ2) is 12.9. The first-order chi connectivity index (χ1) is 13.4. The van der Waals surface area contributed by atoms with Crippen LogP contribution in [0.3, 0.4) is 0 Å². The molecule has 0 radical (unpaired) electrons. The Balaban J connectivity index is 2.75. The summed E-state index contributed by atoms with van der Waals surface area (Å²) < 4.78 is 12.5. The van der Waals surface area contributed by atoms with Crippen LogP contribution in [-0.4, -0.2) is 14.9 Å². The van der Waals surface area contributed by atoms with E-state index < -0.39 is 8.32 Å². The summed E-state index contributed by atoms with van der Waals surface area (Å²) in [6.45, 7) is 16.6. The Kier molecular flexibility index (Phi) is 11.3. The number of benzene rings is 1. The molecule has 1 atom stereocenters. The van der Waals surface area contributed by atoms with Gasteiger partial charge in [-0.05, 0) is 29.1 Å². The third-order valence-corrected chi connectivity index (χ3v) is 11.5. The maximum atomic E-state index is 6.55. The van der Waals surface area contributed by atoms with Crippen LogP contribution in [0.25, 0.3) is 0 Å². The number of ether oxygens (including phenoxy) is 1. The molecule has 0 saturated heterocycles. The molecule has 0 unspecified atom stereocenters. The van der Waals surface area contributed by atoms with Gasteiger partial charge in [0.1, 0.15) is 0 Å². The van der Waals surface area contributed by atoms with Crippen molar-refractivity contribution in [2.45, 2.75) is 90.5 Å². The standard InChI is InChI=1S/C25H40O2Si/c1-8-9-10-14-18-25(24-16-12-11-13-17-24)26-19-15-20-27-28(21(2)3,22(4)5)23(6)7/h11-13,15-17,19,21-23,25H,8-10,20H2,1-7H3/b19-15+/t25-/m0/s1. The van der Waals surface area contributed by atoms with Gasteiger partial charge in [-0.15, -0.1) is 0 Å². The molecule has 3 heteroatoms. The Morgan fingerprint density at radius 3 is 2.11 bits per heavy atom. The van der Waals surface area contributed by atoms with Crippen molar-refractivity contribution in [3.05, 3.63) is 48.2 Å². The topological polar surface area (TPSA) is 18.5 Å². The van der Waals surface area contributed by atoms with Gasteiger partial charge in [0.05, 0.1) is 12.9 Å². The van der Waals surface area contributed by atoms with Gasteiger partial charge in [0.25, 0.3) is 0 Å². The number of rotatable bonds is 11. The molecular formula is C25H40O2Si. The van der Waals surface area contributed by atoms with Crippen molar-refractivity contribution in [1.29, 1.82) is 0 Å².